The maximum atomic E-state index is 4.68. The van der Waals surface area contributed by atoms with Crippen molar-refractivity contribution in [2.45, 2.75) is 24.3 Å². The Bertz CT molecular complexity index is 973. The van der Waals surface area contributed by atoms with E-state index in [1.807, 2.05) is 37.0 Å². The van der Waals surface area contributed by atoms with Crippen molar-refractivity contribution in [3.63, 3.8) is 0 Å². The minimum atomic E-state index is 0.254. The SMILES string of the molecule is CSc1cc2nc(CC(C)c3cc4n[nH]cc4cn3)[nH]c2cn1. The molecule has 0 aliphatic rings. The third kappa shape index (κ3) is 2.68. The van der Waals surface area contributed by atoms with Crippen LogP contribution in [-0.2, 0) is 6.42 Å². The molecule has 23 heavy (non-hydrogen) atoms. The minimum absolute atomic E-state index is 0.254. The number of fused-ring (bicyclic) bond motifs is 2. The Morgan fingerprint density at radius 2 is 2.09 bits per heavy atom. The number of nitrogens with zero attached hydrogens (tertiary/aromatic N) is 4. The molecule has 0 amide bonds. The molecule has 0 radical (unpaired) electrons. The standard InChI is InChI=1S/C16H16N6S/c1-9(11-4-12-10(6-17-11)7-19-22-12)3-15-20-13-5-16(23-2)18-8-14(13)21-15/h4-9H,3H2,1-2H3,(H,19,22)(H,20,21). The van der Waals surface area contributed by atoms with Crippen LogP contribution in [0.15, 0.2) is 35.7 Å². The van der Waals surface area contributed by atoms with Crippen LogP contribution in [0.3, 0.4) is 0 Å². The first-order valence-electron chi connectivity index (χ1n) is 7.41. The summed E-state index contributed by atoms with van der Waals surface area (Å²) < 4.78 is 0. The third-order valence-electron chi connectivity index (χ3n) is 3.94. The highest BCUT2D eigenvalue weighted by molar-refractivity contribution is 7.98. The van der Waals surface area contributed by atoms with Gasteiger partial charge in [0.05, 0.1) is 27.8 Å². The molecular weight excluding hydrogens is 308 g/mol. The molecule has 0 aliphatic carbocycles. The van der Waals surface area contributed by atoms with Crippen LogP contribution in [0.1, 0.15) is 24.4 Å². The van der Waals surface area contributed by atoms with E-state index in [0.29, 0.717) is 0 Å². The van der Waals surface area contributed by atoms with Gasteiger partial charge in [-0.15, -0.1) is 11.8 Å². The predicted molar refractivity (Wildman–Crippen MR) is 91.7 cm³/mol. The van der Waals surface area contributed by atoms with Crippen molar-refractivity contribution < 1.29 is 0 Å². The molecule has 0 saturated carbocycles. The van der Waals surface area contributed by atoms with Crippen LogP contribution in [0, 0.1) is 0 Å². The summed E-state index contributed by atoms with van der Waals surface area (Å²) in [6.07, 6.45) is 8.37. The smallest absolute Gasteiger partial charge is 0.107 e. The van der Waals surface area contributed by atoms with Crippen LogP contribution in [0.25, 0.3) is 21.9 Å². The average molecular weight is 324 g/mol. The van der Waals surface area contributed by atoms with E-state index in [2.05, 4.69) is 37.1 Å². The number of hydrogen-bond acceptors (Lipinski definition) is 5. The first-order chi connectivity index (χ1) is 11.2. The predicted octanol–water partition coefficient (Wildman–Crippen LogP) is 3.30. The summed E-state index contributed by atoms with van der Waals surface area (Å²) in [4.78, 5) is 16.9. The Kier molecular flexibility index (Phi) is 3.49. The van der Waals surface area contributed by atoms with Crippen molar-refractivity contribution in [1.82, 2.24) is 30.1 Å². The van der Waals surface area contributed by atoms with Gasteiger partial charge < -0.3 is 4.98 Å². The fraction of sp³-hybridized carbons (Fsp3) is 0.250. The van der Waals surface area contributed by atoms with E-state index in [0.717, 1.165) is 44.9 Å². The van der Waals surface area contributed by atoms with Crippen LogP contribution in [0.4, 0.5) is 0 Å². The number of aromatic nitrogens is 6. The highest BCUT2D eigenvalue weighted by atomic mass is 32.2. The Labute approximate surface area is 137 Å². The number of H-pyrrole nitrogens is 2. The van der Waals surface area contributed by atoms with Crippen LogP contribution in [0.2, 0.25) is 0 Å². The van der Waals surface area contributed by atoms with Gasteiger partial charge in [0.15, 0.2) is 0 Å². The summed E-state index contributed by atoms with van der Waals surface area (Å²) in [5.41, 5.74) is 3.90. The molecule has 4 heterocycles. The van der Waals surface area contributed by atoms with E-state index in [-0.39, 0.29) is 5.92 Å². The number of thioether (sulfide) groups is 1. The molecular formula is C16H16N6S. The average Bonchev–Trinajstić information content (AvgIpc) is 3.18. The zero-order chi connectivity index (χ0) is 15.8. The molecule has 6 nitrogen and oxygen atoms in total. The lowest BCUT2D eigenvalue weighted by Gasteiger charge is -2.08. The largest absolute Gasteiger partial charge is 0.341 e. The second-order valence-corrected chi connectivity index (χ2v) is 6.41. The van der Waals surface area contributed by atoms with Crippen LogP contribution in [0.5, 0.6) is 0 Å². The van der Waals surface area contributed by atoms with Gasteiger partial charge in [0.1, 0.15) is 5.82 Å². The molecule has 0 aliphatic heterocycles. The number of aromatic amines is 2. The number of rotatable bonds is 4. The van der Waals surface area contributed by atoms with E-state index in [1.54, 1.807) is 11.8 Å². The van der Waals surface area contributed by atoms with Crippen LogP contribution in [-0.4, -0.2) is 36.4 Å². The lowest BCUT2D eigenvalue weighted by molar-refractivity contribution is 0.707. The second-order valence-electron chi connectivity index (χ2n) is 5.59. The molecule has 2 N–H and O–H groups in total. The first-order valence-corrected chi connectivity index (χ1v) is 8.63. The summed E-state index contributed by atoms with van der Waals surface area (Å²) in [5, 5.41) is 9.10. The summed E-state index contributed by atoms with van der Waals surface area (Å²) in [5.74, 6) is 1.21. The maximum absolute atomic E-state index is 4.68. The van der Waals surface area contributed by atoms with E-state index in [4.69, 9.17) is 0 Å². The van der Waals surface area contributed by atoms with Crippen LogP contribution >= 0.6 is 11.8 Å². The molecule has 0 bridgehead atoms. The highest BCUT2D eigenvalue weighted by Crippen LogP contribution is 2.23. The van der Waals surface area contributed by atoms with Gasteiger partial charge in [-0.05, 0) is 18.4 Å². The molecule has 1 atom stereocenters. The zero-order valence-corrected chi connectivity index (χ0v) is 13.7. The van der Waals surface area contributed by atoms with Gasteiger partial charge in [-0.2, -0.15) is 5.10 Å². The van der Waals surface area contributed by atoms with Crippen molar-refractivity contribution in [3.05, 3.63) is 42.2 Å². The van der Waals surface area contributed by atoms with E-state index in [1.165, 1.54) is 0 Å². The monoisotopic (exact) mass is 324 g/mol. The molecule has 1 unspecified atom stereocenters. The van der Waals surface area contributed by atoms with Crippen molar-refractivity contribution in [1.29, 1.82) is 0 Å². The van der Waals surface area contributed by atoms with E-state index < -0.39 is 0 Å². The van der Waals surface area contributed by atoms with Crippen molar-refractivity contribution >= 4 is 33.7 Å². The lowest BCUT2D eigenvalue weighted by atomic mass is 10.0. The Balaban J connectivity index is 1.61. The number of nitrogens with one attached hydrogen (secondary N) is 2. The van der Waals surface area contributed by atoms with Gasteiger partial charge in [-0.1, -0.05) is 6.92 Å². The Morgan fingerprint density at radius 3 is 2.96 bits per heavy atom. The zero-order valence-electron chi connectivity index (χ0n) is 12.9. The molecule has 0 saturated heterocycles. The van der Waals surface area contributed by atoms with Gasteiger partial charge in [-0.3, -0.25) is 10.1 Å². The summed E-state index contributed by atoms with van der Waals surface area (Å²) in [6.45, 7) is 2.15. The minimum Gasteiger partial charge on any atom is -0.341 e. The maximum Gasteiger partial charge on any atom is 0.107 e. The van der Waals surface area contributed by atoms with Gasteiger partial charge in [0, 0.05) is 35.8 Å². The molecule has 0 aromatic carbocycles. The molecule has 0 fully saturated rings. The lowest BCUT2D eigenvalue weighted by Crippen LogP contribution is -2.02. The summed E-state index contributed by atoms with van der Waals surface area (Å²) in [6, 6.07) is 4.05. The number of imidazole rings is 1. The van der Waals surface area contributed by atoms with Crippen molar-refractivity contribution in [2.24, 2.45) is 0 Å². The van der Waals surface area contributed by atoms with Crippen molar-refractivity contribution in [3.8, 4) is 0 Å². The molecule has 7 heteroatoms. The fourth-order valence-corrected chi connectivity index (χ4v) is 3.05. The quantitative estimate of drug-likeness (QED) is 0.563. The number of hydrogen-bond donors (Lipinski definition) is 2. The van der Waals surface area contributed by atoms with E-state index in [9.17, 15) is 0 Å². The Hall–Kier alpha value is -2.41. The normalized spacial score (nSPS) is 13.0. The molecule has 0 spiro atoms. The van der Waals surface area contributed by atoms with Crippen molar-refractivity contribution in [2.75, 3.05) is 6.26 Å². The van der Waals surface area contributed by atoms with Gasteiger partial charge >= 0.3 is 0 Å². The van der Waals surface area contributed by atoms with Gasteiger partial charge in [0.2, 0.25) is 0 Å². The fourth-order valence-electron chi connectivity index (χ4n) is 2.67. The number of pyridine rings is 2. The molecule has 116 valence electrons. The van der Waals surface area contributed by atoms with Gasteiger partial charge in [0.25, 0.3) is 0 Å². The van der Waals surface area contributed by atoms with E-state index >= 15 is 0 Å². The molecule has 4 aromatic rings. The topological polar surface area (TPSA) is 83.1 Å². The Morgan fingerprint density at radius 1 is 1.17 bits per heavy atom. The van der Waals surface area contributed by atoms with Gasteiger partial charge in [-0.25, -0.2) is 9.97 Å². The second kappa shape index (κ2) is 5.66. The highest BCUT2D eigenvalue weighted by Gasteiger charge is 2.13. The molecule has 4 aromatic heterocycles. The third-order valence-corrected chi connectivity index (χ3v) is 4.58. The molecule has 4 rings (SSSR count). The summed E-state index contributed by atoms with van der Waals surface area (Å²) >= 11 is 1.62. The first kappa shape index (κ1) is 14.2. The van der Waals surface area contributed by atoms with Crippen LogP contribution < -0.4 is 0 Å². The summed E-state index contributed by atoms with van der Waals surface area (Å²) in [7, 11) is 0.